The van der Waals surface area contributed by atoms with E-state index in [9.17, 15) is 0 Å². The van der Waals surface area contributed by atoms with Gasteiger partial charge < -0.3 is 9.84 Å². The van der Waals surface area contributed by atoms with Gasteiger partial charge in [0.05, 0.1) is 5.41 Å². The number of nitrogens with one attached hydrogen (secondary N) is 1. The van der Waals surface area contributed by atoms with Gasteiger partial charge in [0.1, 0.15) is 0 Å². The second-order valence-electron chi connectivity index (χ2n) is 5.55. The molecule has 1 aliphatic rings. The Bertz CT molecular complexity index is 363. The van der Waals surface area contributed by atoms with Crippen LogP contribution in [0.3, 0.4) is 0 Å². The van der Waals surface area contributed by atoms with Crippen LogP contribution in [-0.4, -0.2) is 23.2 Å². The van der Waals surface area contributed by atoms with E-state index in [1.807, 2.05) is 0 Å². The Morgan fingerprint density at radius 3 is 2.67 bits per heavy atom. The lowest BCUT2D eigenvalue weighted by molar-refractivity contribution is 0.208. The number of rotatable bonds is 5. The monoisotopic (exact) mass is 251 g/mol. The van der Waals surface area contributed by atoms with E-state index in [0.717, 1.165) is 50.5 Å². The summed E-state index contributed by atoms with van der Waals surface area (Å²) < 4.78 is 5.59. The minimum Gasteiger partial charge on any atom is -0.339 e. The van der Waals surface area contributed by atoms with Crippen LogP contribution in [0.5, 0.6) is 0 Å². The molecule has 0 saturated carbocycles. The van der Waals surface area contributed by atoms with Crippen molar-refractivity contribution >= 4 is 0 Å². The van der Waals surface area contributed by atoms with E-state index < -0.39 is 0 Å². The molecule has 18 heavy (non-hydrogen) atoms. The largest absolute Gasteiger partial charge is 0.339 e. The summed E-state index contributed by atoms with van der Waals surface area (Å²) in [5.41, 5.74) is 0.124. The van der Waals surface area contributed by atoms with Crippen LogP contribution in [0.1, 0.15) is 70.5 Å². The third-order valence-electron chi connectivity index (χ3n) is 4.24. The van der Waals surface area contributed by atoms with Gasteiger partial charge in [-0.1, -0.05) is 32.3 Å². The van der Waals surface area contributed by atoms with Crippen molar-refractivity contribution < 1.29 is 4.52 Å². The molecule has 2 rings (SSSR count). The highest BCUT2D eigenvalue weighted by Gasteiger charge is 2.38. The first-order chi connectivity index (χ1) is 8.72. The fourth-order valence-corrected chi connectivity index (χ4v) is 2.79. The Hall–Kier alpha value is -0.900. The molecule has 0 bridgehead atoms. The lowest BCUT2D eigenvalue weighted by Crippen LogP contribution is -2.40. The summed E-state index contributed by atoms with van der Waals surface area (Å²) in [6.45, 7) is 8.66. The third kappa shape index (κ3) is 2.58. The quantitative estimate of drug-likeness (QED) is 0.874. The van der Waals surface area contributed by atoms with Gasteiger partial charge in [0.15, 0.2) is 5.82 Å². The Morgan fingerprint density at radius 1 is 1.33 bits per heavy atom. The maximum absolute atomic E-state index is 5.59. The molecule has 1 aliphatic heterocycles. The van der Waals surface area contributed by atoms with E-state index >= 15 is 0 Å². The van der Waals surface area contributed by atoms with Crippen molar-refractivity contribution in [1.29, 1.82) is 0 Å². The average molecular weight is 251 g/mol. The standard InChI is InChI=1S/C14H25N3O/c1-4-6-14(7-9-15-10-8-14)13-16-12(17-18-13)11(3)5-2/h11,15H,4-10H2,1-3H3. The fourth-order valence-electron chi connectivity index (χ4n) is 2.79. The van der Waals surface area contributed by atoms with Gasteiger partial charge in [-0.15, -0.1) is 0 Å². The number of aromatic nitrogens is 2. The predicted molar refractivity (Wildman–Crippen MR) is 71.7 cm³/mol. The summed E-state index contributed by atoms with van der Waals surface area (Å²) in [6, 6.07) is 0. The van der Waals surface area contributed by atoms with Crippen LogP contribution in [0, 0.1) is 0 Å². The molecule has 1 saturated heterocycles. The lowest BCUT2D eigenvalue weighted by Gasteiger charge is -2.34. The highest BCUT2D eigenvalue weighted by atomic mass is 16.5. The lowest BCUT2D eigenvalue weighted by atomic mass is 9.75. The molecule has 1 aromatic rings. The Balaban J connectivity index is 2.22. The molecule has 1 unspecified atom stereocenters. The molecule has 0 radical (unpaired) electrons. The summed E-state index contributed by atoms with van der Waals surface area (Å²) in [7, 11) is 0. The molecule has 1 aromatic heterocycles. The molecule has 0 aromatic carbocycles. The molecule has 4 heteroatoms. The minimum atomic E-state index is 0.124. The molecule has 4 nitrogen and oxygen atoms in total. The minimum absolute atomic E-state index is 0.124. The van der Waals surface area contributed by atoms with Crippen molar-refractivity contribution in [2.45, 2.75) is 64.2 Å². The van der Waals surface area contributed by atoms with Gasteiger partial charge in [-0.3, -0.25) is 0 Å². The van der Waals surface area contributed by atoms with Crippen LogP contribution < -0.4 is 5.32 Å². The van der Waals surface area contributed by atoms with Gasteiger partial charge in [-0.25, -0.2) is 0 Å². The van der Waals surface area contributed by atoms with Crippen LogP contribution in [0.25, 0.3) is 0 Å². The van der Waals surface area contributed by atoms with Crippen molar-refractivity contribution in [1.82, 2.24) is 15.5 Å². The van der Waals surface area contributed by atoms with E-state index in [1.54, 1.807) is 0 Å². The van der Waals surface area contributed by atoms with Crippen LogP contribution >= 0.6 is 0 Å². The fraction of sp³-hybridized carbons (Fsp3) is 0.857. The summed E-state index contributed by atoms with van der Waals surface area (Å²) >= 11 is 0. The van der Waals surface area contributed by atoms with Gasteiger partial charge in [-0.2, -0.15) is 4.98 Å². The van der Waals surface area contributed by atoms with Crippen LogP contribution in [0.15, 0.2) is 4.52 Å². The smallest absolute Gasteiger partial charge is 0.232 e. The second-order valence-corrected chi connectivity index (χ2v) is 5.55. The van der Waals surface area contributed by atoms with Gasteiger partial charge in [0.25, 0.3) is 0 Å². The molecule has 0 spiro atoms. The van der Waals surface area contributed by atoms with Gasteiger partial charge in [0.2, 0.25) is 5.89 Å². The summed E-state index contributed by atoms with van der Waals surface area (Å²) in [6.07, 6.45) is 5.60. The second kappa shape index (κ2) is 5.83. The number of hydrogen-bond donors (Lipinski definition) is 1. The van der Waals surface area contributed by atoms with E-state index in [4.69, 9.17) is 4.52 Å². The number of piperidine rings is 1. The summed E-state index contributed by atoms with van der Waals surface area (Å²) in [5, 5.41) is 7.60. The first-order valence-electron chi connectivity index (χ1n) is 7.26. The zero-order valence-corrected chi connectivity index (χ0v) is 11.8. The van der Waals surface area contributed by atoms with Crippen molar-refractivity contribution in [3.05, 3.63) is 11.7 Å². The molecule has 1 atom stereocenters. The summed E-state index contributed by atoms with van der Waals surface area (Å²) in [4.78, 5) is 4.69. The third-order valence-corrected chi connectivity index (χ3v) is 4.24. The van der Waals surface area contributed by atoms with Crippen LogP contribution in [0.2, 0.25) is 0 Å². The Morgan fingerprint density at radius 2 is 2.06 bits per heavy atom. The highest BCUT2D eigenvalue weighted by Crippen LogP contribution is 2.37. The van der Waals surface area contributed by atoms with E-state index in [2.05, 4.69) is 36.2 Å². The van der Waals surface area contributed by atoms with Crippen molar-refractivity contribution in [2.75, 3.05) is 13.1 Å². The molecule has 0 aliphatic carbocycles. The SMILES string of the molecule is CCCC1(c2nc(C(C)CC)no2)CCNCC1. The van der Waals surface area contributed by atoms with Crippen LogP contribution in [0.4, 0.5) is 0 Å². The van der Waals surface area contributed by atoms with Gasteiger partial charge in [0, 0.05) is 5.92 Å². The van der Waals surface area contributed by atoms with Crippen molar-refractivity contribution in [3.8, 4) is 0 Å². The average Bonchev–Trinajstić information content (AvgIpc) is 2.89. The maximum Gasteiger partial charge on any atom is 0.232 e. The first-order valence-corrected chi connectivity index (χ1v) is 7.26. The molecule has 0 amide bonds. The van der Waals surface area contributed by atoms with E-state index in [-0.39, 0.29) is 5.41 Å². The first kappa shape index (κ1) is 13.5. The van der Waals surface area contributed by atoms with Crippen molar-refractivity contribution in [2.24, 2.45) is 0 Å². The Kier molecular flexibility index (Phi) is 4.38. The van der Waals surface area contributed by atoms with Crippen molar-refractivity contribution in [3.63, 3.8) is 0 Å². The zero-order valence-electron chi connectivity index (χ0n) is 11.8. The zero-order chi connectivity index (χ0) is 13.0. The molecule has 1 fully saturated rings. The van der Waals surface area contributed by atoms with Crippen LogP contribution in [-0.2, 0) is 5.41 Å². The molecule has 102 valence electrons. The maximum atomic E-state index is 5.59. The van der Waals surface area contributed by atoms with E-state index in [0.29, 0.717) is 5.92 Å². The topological polar surface area (TPSA) is 51.0 Å². The number of nitrogens with zero attached hydrogens (tertiary/aromatic N) is 2. The molecule has 1 N–H and O–H groups in total. The summed E-state index contributed by atoms with van der Waals surface area (Å²) in [5.74, 6) is 2.14. The number of hydrogen-bond acceptors (Lipinski definition) is 4. The predicted octanol–water partition coefficient (Wildman–Crippen LogP) is 3.00. The van der Waals surface area contributed by atoms with Gasteiger partial charge >= 0.3 is 0 Å². The Labute approximate surface area is 110 Å². The molecular formula is C14H25N3O. The molecular weight excluding hydrogens is 226 g/mol. The van der Waals surface area contributed by atoms with E-state index in [1.165, 1.54) is 6.42 Å². The normalized spacial score (nSPS) is 20.8. The molecule has 2 heterocycles. The highest BCUT2D eigenvalue weighted by molar-refractivity contribution is 5.08. The van der Waals surface area contributed by atoms with Gasteiger partial charge in [-0.05, 0) is 38.8 Å².